The zero-order chi connectivity index (χ0) is 15.9. The third-order valence-electron chi connectivity index (χ3n) is 2.91. The first-order valence-corrected chi connectivity index (χ1v) is 6.94. The lowest BCUT2D eigenvalue weighted by molar-refractivity contribution is -0.118. The molecule has 0 aliphatic carbocycles. The molecule has 22 heavy (non-hydrogen) atoms. The lowest BCUT2D eigenvalue weighted by atomic mass is 10.3. The van der Waals surface area contributed by atoms with Gasteiger partial charge in [0.1, 0.15) is 5.75 Å². The molecule has 1 aromatic heterocycles. The number of para-hydroxylation sites is 2. The van der Waals surface area contributed by atoms with Crippen molar-refractivity contribution in [2.24, 2.45) is 0 Å². The number of hydrogen-bond acceptors (Lipinski definition) is 4. The van der Waals surface area contributed by atoms with Gasteiger partial charge < -0.3 is 19.8 Å². The molecule has 6 heteroatoms. The summed E-state index contributed by atoms with van der Waals surface area (Å²) in [4.78, 5) is 26.5. The summed E-state index contributed by atoms with van der Waals surface area (Å²) in [5, 5.41) is 2.70. The molecule has 0 spiro atoms. The Bertz CT molecular complexity index is 709. The van der Waals surface area contributed by atoms with Gasteiger partial charge in [0, 0.05) is 12.3 Å². The number of carbonyl (C=O) groups excluding carboxylic acids is 1. The first-order chi connectivity index (χ1) is 10.6. The highest BCUT2D eigenvalue weighted by molar-refractivity contribution is 5.93. The van der Waals surface area contributed by atoms with E-state index in [-0.39, 0.29) is 23.7 Å². The molecule has 0 unspecified atom stereocenters. The highest BCUT2D eigenvalue weighted by Crippen LogP contribution is 2.23. The number of aromatic amines is 1. The van der Waals surface area contributed by atoms with Crippen molar-refractivity contribution < 1.29 is 14.3 Å². The van der Waals surface area contributed by atoms with Crippen LogP contribution in [-0.4, -0.2) is 24.1 Å². The van der Waals surface area contributed by atoms with E-state index in [1.165, 1.54) is 12.3 Å². The fraction of sp³-hybridized carbons (Fsp3) is 0.250. The average molecular weight is 302 g/mol. The lowest BCUT2D eigenvalue weighted by Gasteiger charge is -2.12. The van der Waals surface area contributed by atoms with Gasteiger partial charge in [-0.25, -0.2) is 0 Å². The zero-order valence-electron chi connectivity index (χ0n) is 12.5. The molecule has 2 rings (SSSR count). The maximum Gasteiger partial charge on any atom is 0.262 e. The number of nitrogens with one attached hydrogen (secondary N) is 2. The summed E-state index contributed by atoms with van der Waals surface area (Å²) in [5.74, 6) is 0.373. The monoisotopic (exact) mass is 302 g/mol. The van der Waals surface area contributed by atoms with Gasteiger partial charge in [-0.2, -0.15) is 0 Å². The molecule has 1 aromatic carbocycles. The van der Waals surface area contributed by atoms with Crippen molar-refractivity contribution in [2.75, 3.05) is 18.5 Å². The van der Waals surface area contributed by atoms with Gasteiger partial charge >= 0.3 is 0 Å². The SMILES string of the molecule is CCOc1ccccc1NC(=O)COc1c(C)[nH]ccc1=O. The highest BCUT2D eigenvalue weighted by atomic mass is 16.5. The van der Waals surface area contributed by atoms with E-state index in [1.54, 1.807) is 25.1 Å². The van der Waals surface area contributed by atoms with Crippen molar-refractivity contribution in [3.8, 4) is 11.5 Å². The van der Waals surface area contributed by atoms with Crippen LogP contribution in [0.4, 0.5) is 5.69 Å². The molecule has 0 bridgehead atoms. The second-order valence-corrected chi connectivity index (χ2v) is 4.56. The molecular weight excluding hydrogens is 284 g/mol. The fourth-order valence-electron chi connectivity index (χ4n) is 1.92. The Morgan fingerprint density at radius 2 is 2.00 bits per heavy atom. The van der Waals surface area contributed by atoms with Crippen LogP contribution in [0, 0.1) is 6.92 Å². The molecule has 0 radical (unpaired) electrons. The van der Waals surface area contributed by atoms with Gasteiger partial charge in [-0.05, 0) is 26.0 Å². The van der Waals surface area contributed by atoms with E-state index >= 15 is 0 Å². The smallest absolute Gasteiger partial charge is 0.262 e. The third kappa shape index (κ3) is 3.88. The number of rotatable bonds is 6. The molecule has 0 atom stereocenters. The predicted octanol–water partition coefficient (Wildman–Crippen LogP) is 2.10. The Morgan fingerprint density at radius 1 is 1.23 bits per heavy atom. The van der Waals surface area contributed by atoms with Crippen molar-refractivity contribution in [2.45, 2.75) is 13.8 Å². The van der Waals surface area contributed by atoms with E-state index in [0.717, 1.165) is 0 Å². The van der Waals surface area contributed by atoms with Crippen LogP contribution in [0.5, 0.6) is 11.5 Å². The summed E-state index contributed by atoms with van der Waals surface area (Å²) in [6.45, 7) is 3.82. The maximum absolute atomic E-state index is 12.0. The first-order valence-electron chi connectivity index (χ1n) is 6.94. The topological polar surface area (TPSA) is 80.4 Å². The molecule has 2 aromatic rings. The molecule has 6 nitrogen and oxygen atoms in total. The number of anilines is 1. The number of hydrogen-bond donors (Lipinski definition) is 2. The Balaban J connectivity index is 2.01. The van der Waals surface area contributed by atoms with Crippen molar-refractivity contribution in [1.29, 1.82) is 0 Å². The molecule has 1 heterocycles. The van der Waals surface area contributed by atoms with Crippen LogP contribution in [0.25, 0.3) is 0 Å². The predicted molar refractivity (Wildman–Crippen MR) is 83.5 cm³/mol. The molecular formula is C16H18N2O4. The van der Waals surface area contributed by atoms with Gasteiger partial charge in [-0.15, -0.1) is 0 Å². The van der Waals surface area contributed by atoms with E-state index in [9.17, 15) is 9.59 Å². The summed E-state index contributed by atoms with van der Waals surface area (Å²) >= 11 is 0. The van der Waals surface area contributed by atoms with E-state index in [0.29, 0.717) is 23.7 Å². The number of benzene rings is 1. The molecule has 0 aliphatic heterocycles. The molecule has 0 saturated heterocycles. The van der Waals surface area contributed by atoms with Crippen molar-refractivity contribution >= 4 is 11.6 Å². The normalized spacial score (nSPS) is 10.1. The number of amides is 1. The summed E-state index contributed by atoms with van der Waals surface area (Å²) < 4.78 is 10.7. The van der Waals surface area contributed by atoms with Gasteiger partial charge in [0.2, 0.25) is 5.43 Å². The van der Waals surface area contributed by atoms with Crippen LogP contribution in [0.15, 0.2) is 41.3 Å². The number of carbonyl (C=O) groups is 1. The fourth-order valence-corrected chi connectivity index (χ4v) is 1.92. The van der Waals surface area contributed by atoms with Crippen LogP contribution in [0.2, 0.25) is 0 Å². The number of H-pyrrole nitrogens is 1. The van der Waals surface area contributed by atoms with E-state index < -0.39 is 0 Å². The first kappa shape index (κ1) is 15.6. The zero-order valence-corrected chi connectivity index (χ0v) is 12.5. The van der Waals surface area contributed by atoms with Crippen LogP contribution >= 0.6 is 0 Å². The number of aryl methyl sites for hydroxylation is 1. The largest absolute Gasteiger partial charge is 0.492 e. The Labute approximate surface area is 128 Å². The Kier molecular flexibility index (Phi) is 5.19. The molecule has 1 amide bonds. The van der Waals surface area contributed by atoms with E-state index in [4.69, 9.17) is 9.47 Å². The Morgan fingerprint density at radius 3 is 2.73 bits per heavy atom. The maximum atomic E-state index is 12.0. The van der Waals surface area contributed by atoms with Gasteiger partial charge in [-0.3, -0.25) is 9.59 Å². The van der Waals surface area contributed by atoms with Crippen LogP contribution in [0.1, 0.15) is 12.6 Å². The van der Waals surface area contributed by atoms with Crippen molar-refractivity contribution in [3.05, 3.63) is 52.4 Å². The highest BCUT2D eigenvalue weighted by Gasteiger charge is 2.10. The van der Waals surface area contributed by atoms with Gasteiger partial charge in [0.15, 0.2) is 12.4 Å². The molecule has 2 N–H and O–H groups in total. The molecule has 116 valence electrons. The molecule has 0 saturated carbocycles. The molecule has 0 fully saturated rings. The summed E-state index contributed by atoms with van der Waals surface area (Å²) in [6, 6.07) is 8.48. The van der Waals surface area contributed by atoms with E-state index in [1.807, 2.05) is 13.0 Å². The standard InChI is InChI=1S/C16H18N2O4/c1-3-21-14-7-5-4-6-12(14)18-15(20)10-22-16-11(2)17-9-8-13(16)19/h4-9H,3,10H2,1-2H3,(H,17,19)(H,18,20). The lowest BCUT2D eigenvalue weighted by Crippen LogP contribution is -2.23. The minimum Gasteiger partial charge on any atom is -0.492 e. The minimum absolute atomic E-state index is 0.149. The van der Waals surface area contributed by atoms with Crippen LogP contribution in [-0.2, 0) is 4.79 Å². The minimum atomic E-state index is -0.366. The van der Waals surface area contributed by atoms with Crippen molar-refractivity contribution in [3.63, 3.8) is 0 Å². The second-order valence-electron chi connectivity index (χ2n) is 4.56. The number of pyridine rings is 1. The van der Waals surface area contributed by atoms with Gasteiger partial charge in [0.05, 0.1) is 18.0 Å². The number of aromatic nitrogens is 1. The third-order valence-corrected chi connectivity index (χ3v) is 2.91. The summed E-state index contributed by atoms with van der Waals surface area (Å²) in [7, 11) is 0. The molecule has 0 aliphatic rings. The van der Waals surface area contributed by atoms with Gasteiger partial charge in [0.25, 0.3) is 5.91 Å². The number of ether oxygens (including phenoxy) is 2. The van der Waals surface area contributed by atoms with E-state index in [2.05, 4.69) is 10.3 Å². The van der Waals surface area contributed by atoms with Gasteiger partial charge in [-0.1, -0.05) is 12.1 Å². The summed E-state index contributed by atoms with van der Waals surface area (Å²) in [6.07, 6.45) is 1.53. The second kappa shape index (κ2) is 7.31. The summed E-state index contributed by atoms with van der Waals surface area (Å²) in [5.41, 5.74) is 0.880. The van der Waals surface area contributed by atoms with Crippen molar-refractivity contribution in [1.82, 2.24) is 4.98 Å². The average Bonchev–Trinajstić information content (AvgIpc) is 2.49. The van der Waals surface area contributed by atoms with Crippen LogP contribution < -0.4 is 20.2 Å². The Hall–Kier alpha value is -2.76. The van der Waals surface area contributed by atoms with Crippen LogP contribution in [0.3, 0.4) is 0 Å². The quantitative estimate of drug-likeness (QED) is 0.856.